The Labute approximate surface area is 48.8 Å². The van der Waals surface area contributed by atoms with Gasteiger partial charge in [0.15, 0.2) is 0 Å². The van der Waals surface area contributed by atoms with Crippen LogP contribution in [0.3, 0.4) is 0 Å². The van der Waals surface area contributed by atoms with Crippen LogP contribution in [0.2, 0.25) is 6.32 Å². The first-order chi connectivity index (χ1) is 2.41. The van der Waals surface area contributed by atoms with Crippen LogP contribution in [-0.4, -0.2) is 14.0 Å². The number of hydrogen-bond acceptors (Lipinski definition) is 0. The molecule has 0 fully saturated rings. The van der Waals surface area contributed by atoms with Gasteiger partial charge in [-0.1, -0.05) is 34.6 Å². The van der Waals surface area contributed by atoms with E-state index < -0.39 is 0 Å². The molecule has 0 bridgehead atoms. The molecule has 0 aromatic carbocycles. The summed E-state index contributed by atoms with van der Waals surface area (Å²) in [5.74, 6) is 0. The molecule has 30 valence electrons. The standard InChI is InChI=1S/C2H7BIP/c3-1-2-5-4/h5H,1-3H2. The molecule has 0 aliphatic heterocycles. The summed E-state index contributed by atoms with van der Waals surface area (Å²) in [4.78, 5) is 0. The van der Waals surface area contributed by atoms with E-state index in [1.807, 2.05) is 0 Å². The molecule has 0 aromatic rings. The van der Waals surface area contributed by atoms with Crippen molar-refractivity contribution in [3.05, 3.63) is 0 Å². The highest BCUT2D eigenvalue weighted by Gasteiger charge is 1.69. The van der Waals surface area contributed by atoms with Crippen molar-refractivity contribution in [2.24, 2.45) is 0 Å². The Morgan fingerprint density at radius 3 is 2.40 bits per heavy atom. The Morgan fingerprint density at radius 1 is 1.80 bits per heavy atom. The van der Waals surface area contributed by atoms with Crippen LogP contribution in [0.1, 0.15) is 0 Å². The molecule has 0 saturated carbocycles. The molecule has 1 unspecified atom stereocenters. The van der Waals surface area contributed by atoms with Crippen LogP contribution in [0.4, 0.5) is 0 Å². The lowest BCUT2D eigenvalue weighted by Crippen LogP contribution is -1.63. The molecule has 0 aromatic heterocycles. The van der Waals surface area contributed by atoms with Crippen molar-refractivity contribution >= 4 is 36.1 Å². The minimum absolute atomic E-state index is 1.13. The van der Waals surface area contributed by atoms with Crippen LogP contribution in [0, 0.1) is 0 Å². The maximum absolute atomic E-state index is 2.42. The van der Waals surface area contributed by atoms with E-state index in [-0.39, 0.29) is 0 Å². The van der Waals surface area contributed by atoms with Gasteiger partial charge in [0.25, 0.3) is 0 Å². The first-order valence-electron chi connectivity index (χ1n) is 1.75. The molecule has 0 radical (unpaired) electrons. The molecule has 0 rings (SSSR count). The summed E-state index contributed by atoms with van der Waals surface area (Å²) in [5, 5.41) is 0. The second kappa shape index (κ2) is 5.22. The highest BCUT2D eigenvalue weighted by Crippen LogP contribution is 2.19. The van der Waals surface area contributed by atoms with Crippen LogP contribution >= 0.6 is 28.3 Å². The highest BCUT2D eigenvalue weighted by atomic mass is 127. The number of rotatable bonds is 2. The van der Waals surface area contributed by atoms with Gasteiger partial charge < -0.3 is 0 Å². The molecule has 0 saturated heterocycles. The van der Waals surface area contributed by atoms with Crippen LogP contribution in [0.5, 0.6) is 0 Å². The van der Waals surface area contributed by atoms with Crippen molar-refractivity contribution in [2.75, 3.05) is 6.16 Å². The smallest absolute Gasteiger partial charge is 0.0767 e. The molecule has 0 spiro atoms. The zero-order valence-corrected chi connectivity index (χ0v) is 6.45. The molecule has 1 atom stereocenters. The van der Waals surface area contributed by atoms with Crippen molar-refractivity contribution in [3.8, 4) is 0 Å². The zero-order chi connectivity index (χ0) is 4.12. The van der Waals surface area contributed by atoms with Gasteiger partial charge in [-0.3, -0.25) is 0 Å². The van der Waals surface area contributed by atoms with Crippen molar-refractivity contribution in [1.29, 1.82) is 0 Å². The van der Waals surface area contributed by atoms with Gasteiger partial charge in [-0.15, -0.1) is 0 Å². The second-order valence-electron chi connectivity index (χ2n) is 0.884. The van der Waals surface area contributed by atoms with Gasteiger partial charge >= 0.3 is 0 Å². The third kappa shape index (κ3) is 5.22. The van der Waals surface area contributed by atoms with Gasteiger partial charge in [0, 0.05) is 0 Å². The summed E-state index contributed by atoms with van der Waals surface area (Å²) in [6.45, 7) is 0. The Morgan fingerprint density at radius 2 is 2.40 bits per heavy atom. The topological polar surface area (TPSA) is 0 Å². The minimum Gasteiger partial charge on any atom is -0.0767 e. The summed E-state index contributed by atoms with van der Waals surface area (Å²) in [5.41, 5.74) is 0. The fourth-order valence-corrected chi connectivity index (χ4v) is 1.90. The quantitative estimate of drug-likeness (QED) is 0.355. The summed E-state index contributed by atoms with van der Waals surface area (Å²) in [7, 11) is 2.21. The van der Waals surface area contributed by atoms with Crippen LogP contribution in [0.25, 0.3) is 0 Å². The highest BCUT2D eigenvalue weighted by molar-refractivity contribution is 14.2. The zero-order valence-electron chi connectivity index (χ0n) is 3.29. The minimum atomic E-state index is 1.13. The largest absolute Gasteiger partial charge is 0.101 e. The Hall–Kier alpha value is 1.22. The summed E-state index contributed by atoms with van der Waals surface area (Å²) >= 11 is 2.42. The average molecular weight is 200 g/mol. The monoisotopic (exact) mass is 200 g/mol. The fraction of sp³-hybridized carbons (Fsp3) is 1.00. The Kier molecular flexibility index (Phi) is 6.50. The van der Waals surface area contributed by atoms with E-state index in [1.165, 1.54) is 12.5 Å². The second-order valence-corrected chi connectivity index (χ2v) is 3.94. The SMILES string of the molecule is BCCPI. The van der Waals surface area contributed by atoms with Crippen molar-refractivity contribution in [3.63, 3.8) is 0 Å². The normalized spacial score (nSPS) is 10.6. The molecule has 5 heavy (non-hydrogen) atoms. The van der Waals surface area contributed by atoms with Gasteiger partial charge in [0.2, 0.25) is 0 Å². The first kappa shape index (κ1) is 6.22. The molecule has 0 nitrogen and oxygen atoms in total. The maximum atomic E-state index is 2.42. The van der Waals surface area contributed by atoms with E-state index >= 15 is 0 Å². The molecule has 0 heterocycles. The van der Waals surface area contributed by atoms with E-state index in [0.29, 0.717) is 0 Å². The molecular formula is C2H7BIP. The van der Waals surface area contributed by atoms with Gasteiger partial charge in [0.1, 0.15) is 7.85 Å². The third-order valence-corrected chi connectivity index (χ3v) is 2.65. The predicted octanol–water partition coefficient (Wildman–Crippen LogP) is 1.07. The molecule has 0 amide bonds. The molecule has 0 aliphatic carbocycles. The van der Waals surface area contributed by atoms with Crippen LogP contribution in [0.15, 0.2) is 0 Å². The fourth-order valence-electron chi connectivity index (χ4n) is 0.0945. The summed E-state index contributed by atoms with van der Waals surface area (Å²) in [6.07, 6.45) is 3.88. The molecular weight excluding hydrogens is 193 g/mol. The third-order valence-electron chi connectivity index (χ3n) is 0.344. The van der Waals surface area contributed by atoms with Crippen molar-refractivity contribution < 1.29 is 0 Å². The lowest BCUT2D eigenvalue weighted by atomic mass is 10.1. The molecule has 0 N–H and O–H groups in total. The van der Waals surface area contributed by atoms with E-state index in [0.717, 1.165) is 6.22 Å². The maximum Gasteiger partial charge on any atom is 0.101 e. The summed E-state index contributed by atoms with van der Waals surface area (Å²) < 4.78 is 0. The van der Waals surface area contributed by atoms with E-state index in [9.17, 15) is 0 Å². The van der Waals surface area contributed by atoms with Crippen LogP contribution in [-0.2, 0) is 0 Å². The van der Waals surface area contributed by atoms with E-state index in [4.69, 9.17) is 0 Å². The first-order valence-corrected chi connectivity index (χ1v) is 6.07. The van der Waals surface area contributed by atoms with Crippen molar-refractivity contribution in [1.82, 2.24) is 0 Å². The van der Waals surface area contributed by atoms with Gasteiger partial charge in [-0.05, 0) is 6.16 Å². The van der Waals surface area contributed by atoms with Gasteiger partial charge in [-0.25, -0.2) is 0 Å². The Bertz CT molecular complexity index is 17.1. The molecule has 0 aliphatic rings. The van der Waals surface area contributed by atoms with Gasteiger partial charge in [-0.2, -0.15) is 0 Å². The average Bonchev–Trinajstić information content (AvgIpc) is 1.41. The number of hydrogen-bond donors (Lipinski definition) is 0. The lowest BCUT2D eigenvalue weighted by Gasteiger charge is -1.77. The number of halogens is 1. The van der Waals surface area contributed by atoms with Crippen molar-refractivity contribution in [2.45, 2.75) is 6.32 Å². The predicted molar refractivity (Wildman–Crippen MR) is 40.6 cm³/mol. The van der Waals surface area contributed by atoms with E-state index in [1.54, 1.807) is 0 Å². The van der Waals surface area contributed by atoms with E-state index in [2.05, 4.69) is 29.9 Å². The lowest BCUT2D eigenvalue weighted by molar-refractivity contribution is 1.51. The summed E-state index contributed by atoms with van der Waals surface area (Å²) in [6, 6.07) is 0. The van der Waals surface area contributed by atoms with Crippen LogP contribution < -0.4 is 0 Å². The van der Waals surface area contributed by atoms with Gasteiger partial charge in [0.05, 0.1) is 0 Å². The molecule has 3 heteroatoms. The Balaban J connectivity index is 2.19.